The number of hydrogen-bond donors (Lipinski definition) is 5. The van der Waals surface area contributed by atoms with Crippen LogP contribution in [0, 0.1) is 0 Å². The van der Waals surface area contributed by atoms with Crippen LogP contribution in [0.2, 0.25) is 0 Å². The molecular formula is C44H46N8O5S2. The van der Waals surface area contributed by atoms with Crippen LogP contribution >= 0.6 is 22.7 Å². The first-order valence-corrected chi connectivity index (χ1v) is 21.0. The fraction of sp³-hybridized carbons (Fsp3) is 0.250. The summed E-state index contributed by atoms with van der Waals surface area (Å²) in [7, 11) is 0. The van der Waals surface area contributed by atoms with Crippen LogP contribution in [0.25, 0.3) is 10.2 Å². The number of aromatic nitrogens is 2. The van der Waals surface area contributed by atoms with E-state index in [2.05, 4.69) is 30.9 Å². The van der Waals surface area contributed by atoms with Gasteiger partial charge in [-0.2, -0.15) is 0 Å². The van der Waals surface area contributed by atoms with Gasteiger partial charge in [0.15, 0.2) is 11.0 Å². The highest BCUT2D eigenvalue weighted by Gasteiger charge is 2.31. The molecule has 0 saturated carbocycles. The number of fused-ring (bicyclic) bond motifs is 1. The molecule has 0 unspecified atom stereocenters. The topological polar surface area (TPSA) is 204 Å². The number of carbonyl (C=O) groups is 4. The first-order valence-electron chi connectivity index (χ1n) is 19.2. The van der Waals surface area contributed by atoms with Crippen molar-refractivity contribution in [1.29, 1.82) is 0 Å². The number of guanidine groups is 1. The highest BCUT2D eigenvalue weighted by molar-refractivity contribution is 7.20. The second kappa shape index (κ2) is 21.3. The minimum absolute atomic E-state index is 0.0674. The van der Waals surface area contributed by atoms with Crippen molar-refractivity contribution < 1.29 is 23.9 Å². The van der Waals surface area contributed by atoms with Crippen molar-refractivity contribution in [1.82, 2.24) is 25.9 Å². The number of para-hydroxylation sites is 1. The van der Waals surface area contributed by atoms with Crippen LogP contribution in [0.4, 0.5) is 0 Å². The molecule has 6 aromatic rings. The molecule has 0 aliphatic carbocycles. The largest absolute Gasteiger partial charge is 0.489 e. The molecule has 0 fully saturated rings. The summed E-state index contributed by atoms with van der Waals surface area (Å²) in [5.41, 5.74) is 16.8. The molecule has 0 saturated heterocycles. The van der Waals surface area contributed by atoms with E-state index in [9.17, 15) is 19.2 Å². The summed E-state index contributed by atoms with van der Waals surface area (Å²) in [6, 6.07) is 30.8. The van der Waals surface area contributed by atoms with Crippen molar-refractivity contribution in [3.05, 3.63) is 147 Å². The predicted octanol–water partition coefficient (Wildman–Crippen LogP) is 5.14. The van der Waals surface area contributed by atoms with Gasteiger partial charge in [0.05, 0.1) is 27.5 Å². The molecule has 59 heavy (non-hydrogen) atoms. The van der Waals surface area contributed by atoms with Crippen LogP contribution in [0.3, 0.4) is 0 Å². The third kappa shape index (κ3) is 13.0. The smallest absolute Gasteiger partial charge is 0.243 e. The number of rotatable bonds is 21. The fourth-order valence-corrected chi connectivity index (χ4v) is 7.81. The van der Waals surface area contributed by atoms with Crippen LogP contribution in [0.1, 0.15) is 51.4 Å². The van der Waals surface area contributed by atoms with Gasteiger partial charge in [0.1, 0.15) is 24.4 Å². The number of thiazole rings is 2. The summed E-state index contributed by atoms with van der Waals surface area (Å²) < 4.78 is 6.81. The molecule has 0 spiro atoms. The second-order valence-electron chi connectivity index (χ2n) is 13.8. The number of ketones is 1. The number of nitrogens with two attached hydrogens (primary N) is 2. The summed E-state index contributed by atoms with van der Waals surface area (Å²) in [5, 5.41) is 10.7. The van der Waals surface area contributed by atoms with Gasteiger partial charge in [-0.15, -0.1) is 22.7 Å². The lowest BCUT2D eigenvalue weighted by atomic mass is 10.0. The molecule has 4 aromatic carbocycles. The molecule has 2 heterocycles. The third-order valence-electron chi connectivity index (χ3n) is 9.36. The number of hydrogen-bond acceptors (Lipinski definition) is 10. The van der Waals surface area contributed by atoms with Crippen LogP contribution < -0.4 is 32.2 Å². The zero-order chi connectivity index (χ0) is 41.4. The van der Waals surface area contributed by atoms with E-state index in [0.29, 0.717) is 36.4 Å². The molecule has 6 rings (SSSR count). The van der Waals surface area contributed by atoms with Crippen molar-refractivity contribution in [2.45, 2.75) is 63.3 Å². The Morgan fingerprint density at radius 2 is 1.39 bits per heavy atom. The number of Topliss-reactive ketones (excluding diaryl/α,β-unsaturated/α-hetero) is 1. The van der Waals surface area contributed by atoms with E-state index in [1.807, 2.05) is 102 Å². The highest BCUT2D eigenvalue weighted by atomic mass is 32.1. The molecular weight excluding hydrogens is 785 g/mol. The minimum atomic E-state index is -1.15. The zero-order valence-corrected chi connectivity index (χ0v) is 33.9. The van der Waals surface area contributed by atoms with Gasteiger partial charge in [0.2, 0.25) is 23.5 Å². The van der Waals surface area contributed by atoms with E-state index in [1.165, 1.54) is 22.7 Å². The van der Waals surface area contributed by atoms with Crippen LogP contribution in [-0.4, -0.2) is 64.1 Å². The normalized spacial score (nSPS) is 12.5. The molecule has 3 amide bonds. The monoisotopic (exact) mass is 830 g/mol. The lowest BCUT2D eigenvalue weighted by molar-refractivity contribution is -0.132. The Labute approximate surface area is 350 Å². The summed E-state index contributed by atoms with van der Waals surface area (Å²) in [6.07, 6.45) is 1.40. The molecule has 0 bridgehead atoms. The maximum Gasteiger partial charge on any atom is 0.243 e. The summed E-state index contributed by atoms with van der Waals surface area (Å²) in [4.78, 5) is 68.9. The van der Waals surface area contributed by atoms with Gasteiger partial charge in [-0.25, -0.2) is 9.97 Å². The molecule has 7 N–H and O–H groups in total. The average Bonchev–Trinajstić information content (AvgIpc) is 3.94. The van der Waals surface area contributed by atoms with Gasteiger partial charge >= 0.3 is 0 Å². The van der Waals surface area contributed by atoms with Crippen molar-refractivity contribution in [3.63, 3.8) is 0 Å². The fourth-order valence-electron chi connectivity index (χ4n) is 6.28. The molecule has 0 radical (unpaired) electrons. The van der Waals surface area contributed by atoms with Crippen LogP contribution in [0.15, 0.2) is 125 Å². The Kier molecular flexibility index (Phi) is 15.3. The lowest BCUT2D eigenvalue weighted by Gasteiger charge is -2.25. The average molecular weight is 831 g/mol. The number of ether oxygens (including phenoxy) is 1. The minimum Gasteiger partial charge on any atom is -0.489 e. The number of nitrogens with one attached hydrogen (secondary N) is 3. The van der Waals surface area contributed by atoms with E-state index >= 15 is 0 Å². The number of carbonyl (C=O) groups excluding carboxylic acids is 4. The summed E-state index contributed by atoms with van der Waals surface area (Å²) in [5.74, 6) is -1.31. The van der Waals surface area contributed by atoms with E-state index < -0.39 is 29.9 Å². The molecule has 2 aromatic heterocycles. The zero-order valence-electron chi connectivity index (χ0n) is 32.3. The number of amides is 3. The molecule has 3 atom stereocenters. The van der Waals surface area contributed by atoms with Crippen molar-refractivity contribution in [2.24, 2.45) is 16.5 Å². The van der Waals surface area contributed by atoms with E-state index in [0.717, 1.165) is 21.4 Å². The van der Waals surface area contributed by atoms with Crippen molar-refractivity contribution in [2.75, 3.05) is 6.54 Å². The number of aliphatic imine (C=N–C) groups is 1. The highest BCUT2D eigenvalue weighted by Crippen LogP contribution is 2.24. The predicted molar refractivity (Wildman–Crippen MR) is 231 cm³/mol. The Morgan fingerprint density at radius 3 is 2.07 bits per heavy atom. The van der Waals surface area contributed by atoms with Gasteiger partial charge in [-0.05, 0) is 60.2 Å². The van der Waals surface area contributed by atoms with E-state index in [1.54, 1.807) is 17.6 Å². The summed E-state index contributed by atoms with van der Waals surface area (Å²) in [6.45, 7) is 0.620. The molecule has 0 aliphatic rings. The second-order valence-corrected chi connectivity index (χ2v) is 15.6. The van der Waals surface area contributed by atoms with Crippen LogP contribution in [0.5, 0.6) is 5.75 Å². The van der Waals surface area contributed by atoms with Gasteiger partial charge in [0, 0.05) is 31.2 Å². The van der Waals surface area contributed by atoms with E-state index in [-0.39, 0.29) is 54.9 Å². The summed E-state index contributed by atoms with van der Waals surface area (Å²) >= 11 is 2.61. The van der Waals surface area contributed by atoms with Gasteiger partial charge in [-0.3, -0.25) is 24.2 Å². The van der Waals surface area contributed by atoms with E-state index in [4.69, 9.17) is 16.2 Å². The first kappa shape index (κ1) is 42.2. The molecule has 13 nitrogen and oxygen atoms in total. The molecule has 15 heteroatoms. The van der Waals surface area contributed by atoms with Gasteiger partial charge < -0.3 is 32.2 Å². The van der Waals surface area contributed by atoms with Gasteiger partial charge in [-0.1, -0.05) is 84.9 Å². The van der Waals surface area contributed by atoms with Gasteiger partial charge in [0.25, 0.3) is 0 Å². The number of benzene rings is 4. The Balaban J connectivity index is 1.23. The lowest BCUT2D eigenvalue weighted by Crippen LogP contribution is -2.57. The molecule has 0 aliphatic heterocycles. The third-order valence-corrected chi connectivity index (χ3v) is 11.0. The first-order chi connectivity index (χ1) is 28.7. The SMILES string of the molecule is NC(N)=NCCC[C@H](NC(=O)[C@H](Cc1ccc(OCc2ccccc2)cc1)NC(=O)[C@H](Cc1cscn1)NC(=O)CCc1ccccc1)C(=O)c1nc2ccccc2s1. The van der Waals surface area contributed by atoms with Crippen molar-refractivity contribution in [3.8, 4) is 5.75 Å². The standard InChI is InChI=1S/C44H46N8O5S2/c45-44(46)47-23-9-15-35(40(54)43-52-34-14-7-8-16-38(34)59-43)50-41(55)36(24-30-17-20-33(21-18-30)57-26-31-12-5-2-6-13-31)51-42(56)37(25-32-27-58-28-48-32)49-39(53)22-19-29-10-3-1-4-11-29/h1-8,10-14,16-18,20-21,27-28,35-37H,9,15,19,22-26H2,(H,49,53)(H,50,55)(H,51,56)(H4,45,46,47)/t35-,36-,37-/m0/s1. The number of aryl methyl sites for hydroxylation is 1. The quantitative estimate of drug-likeness (QED) is 0.0282. The van der Waals surface area contributed by atoms with Crippen LogP contribution in [-0.2, 0) is 40.3 Å². The molecule has 304 valence electrons. The Morgan fingerprint density at radius 1 is 0.729 bits per heavy atom. The number of nitrogens with zero attached hydrogens (tertiary/aromatic N) is 3. The maximum atomic E-state index is 14.4. The Bertz CT molecular complexity index is 2280. The van der Waals surface area contributed by atoms with Crippen molar-refractivity contribution >= 4 is 62.4 Å². The Hall–Kier alpha value is -6.45. The maximum absolute atomic E-state index is 14.4.